The van der Waals surface area contributed by atoms with E-state index >= 15 is 0 Å². The topological polar surface area (TPSA) is 50.9 Å². The lowest BCUT2D eigenvalue weighted by molar-refractivity contribution is 0.435. The smallest absolute Gasteiger partial charge is 0.0736 e. The summed E-state index contributed by atoms with van der Waals surface area (Å²) in [6.07, 6.45) is 6.03. The molecule has 3 unspecified atom stereocenters. The quantitative estimate of drug-likeness (QED) is 0.780. The Morgan fingerprint density at radius 3 is 2.80 bits per heavy atom. The van der Waals surface area contributed by atoms with Gasteiger partial charge in [0.2, 0.25) is 0 Å². The number of hydrogen-bond donors (Lipinski definition) is 2. The highest BCUT2D eigenvalue weighted by atomic mass is 15.0. The van der Waals surface area contributed by atoms with E-state index in [1.165, 1.54) is 12.8 Å². The van der Waals surface area contributed by atoms with Gasteiger partial charge in [-0.2, -0.15) is 0 Å². The molecule has 3 N–H and O–H groups in total. The maximum absolute atomic E-state index is 5.85. The Morgan fingerprint density at radius 1 is 1.40 bits per heavy atom. The van der Waals surface area contributed by atoms with Gasteiger partial charge in [0.05, 0.1) is 17.6 Å². The Bertz CT molecular complexity index is 337. The number of anilines is 2. The van der Waals surface area contributed by atoms with Crippen molar-refractivity contribution in [3.63, 3.8) is 0 Å². The molecule has 3 heteroatoms. The first-order valence-corrected chi connectivity index (χ1v) is 5.64. The minimum Gasteiger partial charge on any atom is -0.396 e. The molecule has 0 aliphatic heterocycles. The first-order chi connectivity index (χ1) is 7.18. The summed E-state index contributed by atoms with van der Waals surface area (Å²) in [4.78, 5) is 3.99. The van der Waals surface area contributed by atoms with Gasteiger partial charge < -0.3 is 11.1 Å². The fraction of sp³-hybridized carbons (Fsp3) is 0.583. The van der Waals surface area contributed by atoms with Crippen molar-refractivity contribution in [3.05, 3.63) is 18.5 Å². The van der Waals surface area contributed by atoms with Gasteiger partial charge in [-0.25, -0.2) is 0 Å². The maximum atomic E-state index is 5.85. The summed E-state index contributed by atoms with van der Waals surface area (Å²) in [7, 11) is 0. The zero-order valence-electron chi connectivity index (χ0n) is 9.40. The Hall–Kier alpha value is -1.25. The maximum Gasteiger partial charge on any atom is 0.0736 e. The third kappa shape index (κ3) is 2.06. The monoisotopic (exact) mass is 205 g/mol. The van der Waals surface area contributed by atoms with E-state index in [9.17, 15) is 0 Å². The Kier molecular flexibility index (Phi) is 2.80. The average molecular weight is 205 g/mol. The summed E-state index contributed by atoms with van der Waals surface area (Å²) in [5, 5.41) is 3.52. The fourth-order valence-electron chi connectivity index (χ4n) is 2.31. The van der Waals surface area contributed by atoms with Crippen molar-refractivity contribution >= 4 is 11.4 Å². The van der Waals surface area contributed by atoms with E-state index in [0.29, 0.717) is 6.04 Å². The van der Waals surface area contributed by atoms with Gasteiger partial charge in [0.25, 0.3) is 0 Å². The summed E-state index contributed by atoms with van der Waals surface area (Å²) in [6.45, 7) is 4.63. The number of pyridine rings is 1. The van der Waals surface area contributed by atoms with E-state index in [2.05, 4.69) is 24.1 Å². The summed E-state index contributed by atoms with van der Waals surface area (Å²) < 4.78 is 0. The van der Waals surface area contributed by atoms with E-state index < -0.39 is 0 Å². The molecular formula is C12H19N3. The van der Waals surface area contributed by atoms with Crippen molar-refractivity contribution in [1.29, 1.82) is 0 Å². The molecule has 0 amide bonds. The second-order valence-corrected chi connectivity index (χ2v) is 4.63. The molecule has 0 spiro atoms. The lowest BCUT2D eigenvalue weighted by atomic mass is 9.97. The zero-order chi connectivity index (χ0) is 10.8. The first kappa shape index (κ1) is 10.3. The summed E-state index contributed by atoms with van der Waals surface area (Å²) >= 11 is 0. The van der Waals surface area contributed by atoms with Gasteiger partial charge in [0.15, 0.2) is 0 Å². The van der Waals surface area contributed by atoms with Crippen LogP contribution in [0.5, 0.6) is 0 Å². The molecular weight excluding hydrogens is 186 g/mol. The molecule has 0 radical (unpaired) electrons. The van der Waals surface area contributed by atoms with Gasteiger partial charge in [-0.05, 0) is 30.7 Å². The SMILES string of the molecule is CC1CCC(Nc2ccncc2N)C1C. The number of hydrogen-bond acceptors (Lipinski definition) is 3. The van der Waals surface area contributed by atoms with Crippen LogP contribution >= 0.6 is 0 Å². The first-order valence-electron chi connectivity index (χ1n) is 5.64. The van der Waals surface area contributed by atoms with Gasteiger partial charge in [0.1, 0.15) is 0 Å². The normalized spacial score (nSPS) is 30.4. The standard InChI is InChI=1S/C12H19N3/c1-8-3-4-11(9(8)2)15-12-5-6-14-7-10(12)13/h5-9,11H,3-4,13H2,1-2H3,(H,14,15). The highest BCUT2D eigenvalue weighted by Crippen LogP contribution is 2.34. The van der Waals surface area contributed by atoms with Crippen molar-refractivity contribution < 1.29 is 0 Å². The molecule has 82 valence electrons. The number of nitrogen functional groups attached to an aromatic ring is 1. The molecule has 1 aliphatic carbocycles. The second kappa shape index (κ2) is 4.09. The number of nitrogens with one attached hydrogen (secondary N) is 1. The predicted molar refractivity (Wildman–Crippen MR) is 63.6 cm³/mol. The van der Waals surface area contributed by atoms with Crippen LogP contribution in [0.15, 0.2) is 18.5 Å². The van der Waals surface area contributed by atoms with E-state index in [1.54, 1.807) is 12.4 Å². The van der Waals surface area contributed by atoms with Crippen LogP contribution in [0.3, 0.4) is 0 Å². The van der Waals surface area contributed by atoms with E-state index in [-0.39, 0.29) is 0 Å². The minimum atomic E-state index is 0.560. The van der Waals surface area contributed by atoms with Crippen LogP contribution in [-0.2, 0) is 0 Å². The largest absolute Gasteiger partial charge is 0.396 e. The van der Waals surface area contributed by atoms with E-state index in [1.807, 2.05) is 6.07 Å². The third-order valence-electron chi connectivity index (χ3n) is 3.66. The fourth-order valence-corrected chi connectivity index (χ4v) is 2.31. The van der Waals surface area contributed by atoms with Gasteiger partial charge in [0, 0.05) is 12.2 Å². The zero-order valence-corrected chi connectivity index (χ0v) is 9.40. The molecule has 1 saturated carbocycles. The lowest BCUT2D eigenvalue weighted by Crippen LogP contribution is -2.24. The minimum absolute atomic E-state index is 0.560. The Balaban J connectivity index is 2.07. The molecule has 1 heterocycles. The predicted octanol–water partition coefficient (Wildman–Crippen LogP) is 2.51. The van der Waals surface area contributed by atoms with Crippen LogP contribution in [0.4, 0.5) is 11.4 Å². The molecule has 0 saturated heterocycles. The van der Waals surface area contributed by atoms with Gasteiger partial charge >= 0.3 is 0 Å². The van der Waals surface area contributed by atoms with Gasteiger partial charge in [-0.3, -0.25) is 4.98 Å². The lowest BCUT2D eigenvalue weighted by Gasteiger charge is -2.21. The van der Waals surface area contributed by atoms with Crippen LogP contribution in [0.1, 0.15) is 26.7 Å². The second-order valence-electron chi connectivity index (χ2n) is 4.63. The summed E-state index contributed by atoms with van der Waals surface area (Å²) in [6, 6.07) is 2.51. The van der Waals surface area contributed by atoms with E-state index in [0.717, 1.165) is 23.2 Å². The molecule has 1 aromatic rings. The van der Waals surface area contributed by atoms with Crippen LogP contribution in [0, 0.1) is 11.8 Å². The van der Waals surface area contributed by atoms with Crippen molar-refractivity contribution in [1.82, 2.24) is 4.98 Å². The van der Waals surface area contributed by atoms with Crippen LogP contribution in [-0.4, -0.2) is 11.0 Å². The average Bonchev–Trinajstić information content (AvgIpc) is 2.53. The molecule has 3 atom stereocenters. The van der Waals surface area contributed by atoms with Gasteiger partial charge in [-0.1, -0.05) is 13.8 Å². The molecule has 3 nitrogen and oxygen atoms in total. The number of rotatable bonds is 2. The molecule has 1 aromatic heterocycles. The summed E-state index contributed by atoms with van der Waals surface area (Å²) in [5.74, 6) is 1.53. The van der Waals surface area contributed by atoms with Crippen molar-refractivity contribution in [2.75, 3.05) is 11.1 Å². The Labute approximate surface area is 91.1 Å². The Morgan fingerprint density at radius 2 is 2.20 bits per heavy atom. The molecule has 2 rings (SSSR count). The molecule has 0 aromatic carbocycles. The molecule has 15 heavy (non-hydrogen) atoms. The van der Waals surface area contributed by atoms with Crippen molar-refractivity contribution in [2.24, 2.45) is 11.8 Å². The highest BCUT2D eigenvalue weighted by molar-refractivity contribution is 5.64. The van der Waals surface area contributed by atoms with Gasteiger partial charge in [-0.15, -0.1) is 0 Å². The number of nitrogens with two attached hydrogens (primary N) is 1. The van der Waals surface area contributed by atoms with Crippen LogP contribution in [0.25, 0.3) is 0 Å². The number of nitrogens with zero attached hydrogens (tertiary/aromatic N) is 1. The van der Waals surface area contributed by atoms with Crippen molar-refractivity contribution in [2.45, 2.75) is 32.7 Å². The summed E-state index contributed by atoms with van der Waals surface area (Å²) in [5.41, 5.74) is 7.62. The van der Waals surface area contributed by atoms with Crippen LogP contribution in [0.2, 0.25) is 0 Å². The van der Waals surface area contributed by atoms with Crippen LogP contribution < -0.4 is 11.1 Å². The van der Waals surface area contributed by atoms with Crippen molar-refractivity contribution in [3.8, 4) is 0 Å². The number of aromatic nitrogens is 1. The molecule has 1 aliphatic rings. The third-order valence-corrected chi connectivity index (χ3v) is 3.66. The molecule has 0 bridgehead atoms. The van der Waals surface area contributed by atoms with E-state index in [4.69, 9.17) is 5.73 Å². The highest BCUT2D eigenvalue weighted by Gasteiger charge is 2.29. The molecule has 1 fully saturated rings.